The van der Waals surface area contributed by atoms with Crippen LogP contribution in [-0.4, -0.2) is 23.3 Å². The Morgan fingerprint density at radius 1 is 1.24 bits per heavy atom. The third-order valence-corrected chi connectivity index (χ3v) is 4.31. The third-order valence-electron chi connectivity index (χ3n) is 3.98. The highest BCUT2D eigenvalue weighted by atomic mass is 35.5. The van der Waals surface area contributed by atoms with E-state index in [2.05, 4.69) is 5.32 Å². The van der Waals surface area contributed by atoms with E-state index in [-0.39, 0.29) is 35.3 Å². The first-order chi connectivity index (χ1) is 12.0. The Morgan fingerprint density at radius 2 is 1.96 bits per heavy atom. The molecule has 7 nitrogen and oxygen atoms in total. The van der Waals surface area contributed by atoms with Gasteiger partial charge in [-0.2, -0.15) is 0 Å². The number of non-ortho nitro benzene ring substituents is 1. The lowest BCUT2D eigenvalue weighted by atomic mass is 10.1. The average Bonchev–Trinajstić information content (AvgIpc) is 2.99. The Hall–Kier alpha value is -2.93. The molecule has 25 heavy (non-hydrogen) atoms. The molecule has 1 N–H and O–H groups in total. The number of anilines is 2. The van der Waals surface area contributed by atoms with Crippen molar-refractivity contribution in [3.05, 3.63) is 63.7 Å². The van der Waals surface area contributed by atoms with Crippen molar-refractivity contribution in [1.29, 1.82) is 0 Å². The first kappa shape index (κ1) is 16.9. The maximum absolute atomic E-state index is 12.5. The van der Waals surface area contributed by atoms with Crippen molar-refractivity contribution >= 4 is 40.5 Å². The maximum Gasteiger partial charge on any atom is 0.271 e. The molecule has 2 aromatic carbocycles. The lowest BCUT2D eigenvalue weighted by Crippen LogP contribution is -2.28. The molecule has 128 valence electrons. The molecule has 0 saturated carbocycles. The number of amides is 2. The Bertz CT molecular complexity index is 841. The Morgan fingerprint density at radius 3 is 2.64 bits per heavy atom. The van der Waals surface area contributed by atoms with Crippen molar-refractivity contribution < 1.29 is 14.5 Å². The van der Waals surface area contributed by atoms with Gasteiger partial charge in [-0.15, -0.1) is 0 Å². The molecule has 0 unspecified atom stereocenters. The lowest BCUT2D eigenvalue weighted by molar-refractivity contribution is -0.384. The monoisotopic (exact) mass is 359 g/mol. The highest BCUT2D eigenvalue weighted by Gasteiger charge is 2.35. The van der Waals surface area contributed by atoms with Gasteiger partial charge in [0.15, 0.2) is 0 Å². The van der Waals surface area contributed by atoms with E-state index in [0.29, 0.717) is 0 Å². The zero-order valence-corrected chi connectivity index (χ0v) is 13.8. The van der Waals surface area contributed by atoms with Crippen molar-refractivity contribution in [2.45, 2.75) is 6.42 Å². The largest absolute Gasteiger partial charge is 0.324 e. The van der Waals surface area contributed by atoms with Crippen LogP contribution in [0, 0.1) is 16.0 Å². The molecule has 0 aliphatic carbocycles. The molecule has 8 heteroatoms. The van der Waals surface area contributed by atoms with E-state index in [1.165, 1.54) is 18.2 Å². The van der Waals surface area contributed by atoms with Gasteiger partial charge in [0.25, 0.3) is 5.69 Å². The van der Waals surface area contributed by atoms with Gasteiger partial charge in [0, 0.05) is 30.8 Å². The number of para-hydroxylation sites is 1. The van der Waals surface area contributed by atoms with E-state index in [9.17, 15) is 19.7 Å². The number of hydrogen-bond acceptors (Lipinski definition) is 4. The standard InChI is InChI=1S/C17H14ClN3O4/c18-14-7-6-13(21(24)25)9-15(14)19-17(23)11-8-16(22)20(10-11)12-4-2-1-3-5-12/h1-7,9,11H,8,10H2,(H,19,23)/t11-/m1/s1. The van der Waals surface area contributed by atoms with Crippen LogP contribution >= 0.6 is 11.6 Å². The van der Waals surface area contributed by atoms with Crippen LogP contribution in [0.4, 0.5) is 17.1 Å². The minimum atomic E-state index is -0.567. The topological polar surface area (TPSA) is 92.5 Å². The Kier molecular flexibility index (Phi) is 4.67. The predicted octanol–water partition coefficient (Wildman–Crippen LogP) is 3.24. The van der Waals surface area contributed by atoms with Gasteiger partial charge in [-0.05, 0) is 18.2 Å². The molecule has 1 aliphatic rings. The predicted molar refractivity (Wildman–Crippen MR) is 93.6 cm³/mol. The minimum Gasteiger partial charge on any atom is -0.324 e. The van der Waals surface area contributed by atoms with Gasteiger partial charge in [0.05, 0.1) is 21.6 Å². The van der Waals surface area contributed by atoms with Crippen molar-refractivity contribution in [2.24, 2.45) is 5.92 Å². The van der Waals surface area contributed by atoms with Crippen LogP contribution in [0.15, 0.2) is 48.5 Å². The molecule has 2 amide bonds. The third kappa shape index (κ3) is 3.61. The summed E-state index contributed by atoms with van der Waals surface area (Å²) in [5.74, 6) is -1.09. The van der Waals surface area contributed by atoms with Crippen LogP contribution in [0.5, 0.6) is 0 Å². The smallest absolute Gasteiger partial charge is 0.271 e. The maximum atomic E-state index is 12.5. The van der Waals surface area contributed by atoms with E-state index in [4.69, 9.17) is 11.6 Å². The number of halogens is 1. The van der Waals surface area contributed by atoms with Gasteiger partial charge >= 0.3 is 0 Å². The van der Waals surface area contributed by atoms with Gasteiger partial charge < -0.3 is 10.2 Å². The second-order valence-electron chi connectivity index (χ2n) is 5.65. The molecule has 1 fully saturated rings. The summed E-state index contributed by atoms with van der Waals surface area (Å²) in [5.41, 5.74) is 0.718. The van der Waals surface area contributed by atoms with Crippen molar-refractivity contribution in [1.82, 2.24) is 0 Å². The van der Waals surface area contributed by atoms with Crippen molar-refractivity contribution in [3.63, 3.8) is 0 Å². The fourth-order valence-electron chi connectivity index (χ4n) is 2.70. The fourth-order valence-corrected chi connectivity index (χ4v) is 2.86. The molecule has 0 bridgehead atoms. The van der Waals surface area contributed by atoms with E-state index < -0.39 is 16.7 Å². The summed E-state index contributed by atoms with van der Waals surface area (Å²) in [6.45, 7) is 0.251. The molecule has 1 atom stereocenters. The summed E-state index contributed by atoms with van der Waals surface area (Å²) in [5, 5.41) is 13.6. The SMILES string of the molecule is O=C(Nc1cc([N+](=O)[O-])ccc1Cl)[C@@H]1CC(=O)N(c2ccccc2)C1. The molecular weight excluding hydrogens is 346 g/mol. The van der Waals surface area contributed by atoms with E-state index in [0.717, 1.165) is 5.69 Å². The second kappa shape index (κ2) is 6.90. The number of benzene rings is 2. The highest BCUT2D eigenvalue weighted by molar-refractivity contribution is 6.33. The van der Waals surface area contributed by atoms with Gasteiger partial charge in [-0.25, -0.2) is 0 Å². The molecule has 1 saturated heterocycles. The lowest BCUT2D eigenvalue weighted by Gasteiger charge is -2.16. The van der Waals surface area contributed by atoms with Gasteiger partial charge in [0.2, 0.25) is 11.8 Å². The average molecular weight is 360 g/mol. The van der Waals surface area contributed by atoms with Gasteiger partial charge in [-0.3, -0.25) is 19.7 Å². The number of nitrogens with zero attached hydrogens (tertiary/aromatic N) is 2. The Balaban J connectivity index is 1.74. The molecule has 0 radical (unpaired) electrons. The molecule has 1 heterocycles. The molecule has 3 rings (SSSR count). The molecule has 0 aromatic heterocycles. The van der Waals surface area contributed by atoms with E-state index in [1.807, 2.05) is 18.2 Å². The first-order valence-corrected chi connectivity index (χ1v) is 7.93. The number of nitrogens with one attached hydrogen (secondary N) is 1. The quantitative estimate of drug-likeness (QED) is 0.670. The minimum absolute atomic E-state index is 0.0767. The normalized spacial score (nSPS) is 16.8. The zero-order valence-electron chi connectivity index (χ0n) is 13.0. The Labute approximate surface area is 148 Å². The summed E-state index contributed by atoms with van der Waals surface area (Å²) >= 11 is 5.99. The number of nitro benzene ring substituents is 1. The van der Waals surface area contributed by atoms with Crippen LogP contribution in [-0.2, 0) is 9.59 Å². The highest BCUT2D eigenvalue weighted by Crippen LogP contribution is 2.29. The zero-order chi connectivity index (χ0) is 18.0. The molecule has 1 aliphatic heterocycles. The number of carbonyl (C=O) groups is 2. The van der Waals surface area contributed by atoms with Crippen LogP contribution in [0.3, 0.4) is 0 Å². The summed E-state index contributed by atoms with van der Waals surface area (Å²) in [4.78, 5) is 36.5. The first-order valence-electron chi connectivity index (χ1n) is 7.56. The number of hydrogen-bond donors (Lipinski definition) is 1. The summed E-state index contributed by atoms with van der Waals surface area (Å²) in [6.07, 6.45) is 0.0767. The summed E-state index contributed by atoms with van der Waals surface area (Å²) in [7, 11) is 0. The molecule has 2 aromatic rings. The van der Waals surface area contributed by atoms with Crippen molar-refractivity contribution in [3.8, 4) is 0 Å². The van der Waals surface area contributed by atoms with E-state index in [1.54, 1.807) is 17.0 Å². The number of nitro groups is 1. The van der Waals surface area contributed by atoms with Crippen LogP contribution in [0.25, 0.3) is 0 Å². The number of carbonyl (C=O) groups excluding carboxylic acids is 2. The van der Waals surface area contributed by atoms with Crippen molar-refractivity contribution in [2.75, 3.05) is 16.8 Å². The molecular formula is C17H14ClN3O4. The van der Waals surface area contributed by atoms with Gasteiger partial charge in [0.1, 0.15) is 0 Å². The molecule has 0 spiro atoms. The fraction of sp³-hybridized carbons (Fsp3) is 0.176. The van der Waals surface area contributed by atoms with Crippen LogP contribution < -0.4 is 10.2 Å². The van der Waals surface area contributed by atoms with E-state index >= 15 is 0 Å². The van der Waals surface area contributed by atoms with Crippen LogP contribution in [0.1, 0.15) is 6.42 Å². The summed E-state index contributed by atoms with van der Waals surface area (Å²) in [6, 6.07) is 12.9. The van der Waals surface area contributed by atoms with Crippen LogP contribution in [0.2, 0.25) is 5.02 Å². The number of rotatable bonds is 4. The summed E-state index contributed by atoms with van der Waals surface area (Å²) < 4.78 is 0. The second-order valence-corrected chi connectivity index (χ2v) is 6.06. The van der Waals surface area contributed by atoms with Gasteiger partial charge in [-0.1, -0.05) is 29.8 Å².